The summed E-state index contributed by atoms with van der Waals surface area (Å²) in [5, 5.41) is 9.46. The van der Waals surface area contributed by atoms with Gasteiger partial charge in [-0.2, -0.15) is 0 Å². The monoisotopic (exact) mass is 291 g/mol. The van der Waals surface area contributed by atoms with E-state index >= 15 is 0 Å². The van der Waals surface area contributed by atoms with E-state index in [2.05, 4.69) is 4.90 Å². The first kappa shape index (κ1) is 15.8. The van der Waals surface area contributed by atoms with E-state index in [9.17, 15) is 9.90 Å². The summed E-state index contributed by atoms with van der Waals surface area (Å²) in [6.07, 6.45) is 3.45. The number of amides is 1. The van der Waals surface area contributed by atoms with Gasteiger partial charge in [-0.3, -0.25) is 9.69 Å². The zero-order valence-corrected chi connectivity index (χ0v) is 12.5. The first-order valence-electron chi connectivity index (χ1n) is 7.71. The molecular weight excluding hydrogens is 266 g/mol. The fourth-order valence-corrected chi connectivity index (χ4v) is 2.65. The standard InChI is InChI=1S/C16H25N3O2/c17-7-2-1-3-8-18-9-11-19(12-10-18)16(21)14-5-4-6-15(20)13-14/h4-6,13,20H,1-3,7-12,17H2. The van der Waals surface area contributed by atoms with Gasteiger partial charge in [0.15, 0.2) is 0 Å². The number of carbonyl (C=O) groups is 1. The van der Waals surface area contributed by atoms with Crippen molar-refractivity contribution >= 4 is 5.91 Å². The lowest BCUT2D eigenvalue weighted by atomic mass is 10.1. The minimum atomic E-state index is 0.00804. The van der Waals surface area contributed by atoms with E-state index in [0.29, 0.717) is 5.56 Å². The molecule has 0 radical (unpaired) electrons. The number of nitrogens with zero attached hydrogens (tertiary/aromatic N) is 2. The maximum absolute atomic E-state index is 12.3. The second-order valence-electron chi connectivity index (χ2n) is 5.53. The average Bonchev–Trinajstić information content (AvgIpc) is 2.51. The predicted octanol–water partition coefficient (Wildman–Crippen LogP) is 1.28. The number of piperazine rings is 1. The lowest BCUT2D eigenvalue weighted by molar-refractivity contribution is 0.0635. The lowest BCUT2D eigenvalue weighted by Gasteiger charge is -2.34. The molecule has 0 aliphatic carbocycles. The molecule has 0 unspecified atom stereocenters. The third kappa shape index (κ3) is 4.72. The SMILES string of the molecule is NCCCCCN1CCN(C(=O)c2cccc(O)c2)CC1. The average molecular weight is 291 g/mol. The van der Waals surface area contributed by atoms with Crippen LogP contribution in [0, 0.1) is 0 Å². The lowest BCUT2D eigenvalue weighted by Crippen LogP contribution is -2.48. The molecule has 0 spiro atoms. The van der Waals surface area contributed by atoms with Crippen LogP contribution in [0.4, 0.5) is 0 Å². The van der Waals surface area contributed by atoms with E-state index in [0.717, 1.165) is 45.7 Å². The van der Waals surface area contributed by atoms with Gasteiger partial charge in [0.25, 0.3) is 5.91 Å². The smallest absolute Gasteiger partial charge is 0.254 e. The molecule has 1 fully saturated rings. The highest BCUT2D eigenvalue weighted by molar-refractivity contribution is 5.94. The van der Waals surface area contributed by atoms with Crippen molar-refractivity contribution in [3.63, 3.8) is 0 Å². The van der Waals surface area contributed by atoms with Gasteiger partial charge in [0.1, 0.15) is 5.75 Å². The van der Waals surface area contributed by atoms with E-state index in [1.807, 2.05) is 4.90 Å². The predicted molar refractivity (Wildman–Crippen MR) is 83.4 cm³/mol. The van der Waals surface area contributed by atoms with Gasteiger partial charge in [-0.15, -0.1) is 0 Å². The molecule has 1 aliphatic heterocycles. The van der Waals surface area contributed by atoms with Gasteiger partial charge in [-0.25, -0.2) is 0 Å². The van der Waals surface area contributed by atoms with Crippen molar-refractivity contribution in [1.29, 1.82) is 0 Å². The summed E-state index contributed by atoms with van der Waals surface area (Å²) in [5.74, 6) is 0.146. The quantitative estimate of drug-likeness (QED) is 0.775. The summed E-state index contributed by atoms with van der Waals surface area (Å²) in [6, 6.07) is 6.56. The Balaban J connectivity index is 1.77. The Hall–Kier alpha value is -1.59. The van der Waals surface area contributed by atoms with E-state index in [1.54, 1.807) is 18.2 Å². The maximum atomic E-state index is 12.3. The molecule has 1 heterocycles. The third-order valence-corrected chi connectivity index (χ3v) is 3.93. The fraction of sp³-hybridized carbons (Fsp3) is 0.562. The molecule has 2 rings (SSSR count). The summed E-state index contributed by atoms with van der Waals surface area (Å²) >= 11 is 0. The zero-order chi connectivity index (χ0) is 15.1. The number of nitrogens with two attached hydrogens (primary N) is 1. The van der Waals surface area contributed by atoms with Gasteiger partial charge < -0.3 is 15.7 Å². The molecule has 1 aromatic carbocycles. The van der Waals surface area contributed by atoms with E-state index in [-0.39, 0.29) is 11.7 Å². The topological polar surface area (TPSA) is 69.8 Å². The Labute approximate surface area is 126 Å². The fourth-order valence-electron chi connectivity index (χ4n) is 2.65. The molecule has 0 bridgehead atoms. The van der Waals surface area contributed by atoms with Crippen molar-refractivity contribution in [2.45, 2.75) is 19.3 Å². The number of phenolic OH excluding ortho intramolecular Hbond substituents is 1. The van der Waals surface area contributed by atoms with E-state index < -0.39 is 0 Å². The van der Waals surface area contributed by atoms with Crippen LogP contribution in [0.2, 0.25) is 0 Å². The van der Waals surface area contributed by atoms with Crippen molar-refractivity contribution in [3.05, 3.63) is 29.8 Å². The molecule has 1 amide bonds. The van der Waals surface area contributed by atoms with E-state index in [1.165, 1.54) is 18.9 Å². The Bertz CT molecular complexity index is 457. The number of carbonyl (C=O) groups excluding carboxylic acids is 1. The van der Waals surface area contributed by atoms with Gasteiger partial charge in [-0.1, -0.05) is 12.5 Å². The van der Waals surface area contributed by atoms with Crippen LogP contribution in [0.5, 0.6) is 5.75 Å². The van der Waals surface area contributed by atoms with Crippen molar-refractivity contribution in [3.8, 4) is 5.75 Å². The zero-order valence-electron chi connectivity index (χ0n) is 12.5. The number of unbranched alkanes of at least 4 members (excludes halogenated alkanes) is 2. The number of aromatic hydroxyl groups is 1. The van der Waals surface area contributed by atoms with Crippen LogP contribution in [0.3, 0.4) is 0 Å². The van der Waals surface area contributed by atoms with E-state index in [4.69, 9.17) is 5.73 Å². The third-order valence-electron chi connectivity index (χ3n) is 3.93. The number of phenols is 1. The molecule has 5 nitrogen and oxygen atoms in total. The largest absolute Gasteiger partial charge is 0.508 e. The van der Waals surface area contributed by atoms with Crippen LogP contribution in [-0.4, -0.2) is 60.1 Å². The number of rotatable bonds is 6. The molecule has 1 aliphatic rings. The van der Waals surface area contributed by atoms with Crippen molar-refractivity contribution in [2.24, 2.45) is 5.73 Å². The molecule has 0 aromatic heterocycles. The number of benzene rings is 1. The first-order valence-corrected chi connectivity index (χ1v) is 7.71. The normalized spacial score (nSPS) is 16.1. The van der Waals surface area contributed by atoms with Gasteiger partial charge in [0.05, 0.1) is 0 Å². The summed E-state index contributed by atoms with van der Waals surface area (Å²) in [6.45, 7) is 5.22. The van der Waals surface area contributed by atoms with Gasteiger partial charge in [0, 0.05) is 31.7 Å². The van der Waals surface area contributed by atoms with Crippen LogP contribution >= 0.6 is 0 Å². The number of hydrogen-bond donors (Lipinski definition) is 2. The van der Waals surface area contributed by atoms with Crippen LogP contribution in [0.15, 0.2) is 24.3 Å². The minimum Gasteiger partial charge on any atom is -0.508 e. The molecule has 21 heavy (non-hydrogen) atoms. The van der Waals surface area contributed by atoms with Gasteiger partial charge in [0.2, 0.25) is 0 Å². The Morgan fingerprint density at radius 3 is 2.57 bits per heavy atom. The summed E-state index contributed by atoms with van der Waals surface area (Å²) in [7, 11) is 0. The minimum absolute atomic E-state index is 0.00804. The molecule has 1 aromatic rings. The summed E-state index contributed by atoms with van der Waals surface area (Å²) in [4.78, 5) is 16.6. The Morgan fingerprint density at radius 2 is 1.90 bits per heavy atom. The van der Waals surface area contributed by atoms with Crippen LogP contribution in [0.1, 0.15) is 29.6 Å². The van der Waals surface area contributed by atoms with Gasteiger partial charge in [-0.05, 0) is 44.1 Å². The number of hydrogen-bond acceptors (Lipinski definition) is 4. The second-order valence-corrected chi connectivity index (χ2v) is 5.53. The van der Waals surface area contributed by atoms with Crippen molar-refractivity contribution < 1.29 is 9.90 Å². The second kappa shape index (κ2) is 8.00. The first-order chi connectivity index (χ1) is 10.2. The molecular formula is C16H25N3O2. The molecule has 1 saturated heterocycles. The molecule has 116 valence electrons. The molecule has 5 heteroatoms. The maximum Gasteiger partial charge on any atom is 0.254 e. The summed E-state index contributed by atoms with van der Waals surface area (Å²) < 4.78 is 0. The Kier molecular flexibility index (Phi) is 6.02. The molecule has 0 saturated carbocycles. The molecule has 0 atom stereocenters. The van der Waals surface area contributed by atoms with Crippen molar-refractivity contribution in [2.75, 3.05) is 39.3 Å². The highest BCUT2D eigenvalue weighted by Crippen LogP contribution is 2.14. The van der Waals surface area contributed by atoms with Crippen LogP contribution in [-0.2, 0) is 0 Å². The summed E-state index contributed by atoms with van der Waals surface area (Å²) in [5.41, 5.74) is 6.05. The highest BCUT2D eigenvalue weighted by Gasteiger charge is 2.21. The van der Waals surface area contributed by atoms with Crippen LogP contribution < -0.4 is 5.73 Å². The van der Waals surface area contributed by atoms with Gasteiger partial charge >= 0.3 is 0 Å². The van der Waals surface area contributed by atoms with Crippen LogP contribution in [0.25, 0.3) is 0 Å². The Morgan fingerprint density at radius 1 is 1.14 bits per heavy atom. The molecule has 3 N–H and O–H groups in total. The highest BCUT2D eigenvalue weighted by atomic mass is 16.3. The van der Waals surface area contributed by atoms with Crippen molar-refractivity contribution in [1.82, 2.24) is 9.80 Å².